The largest absolute Gasteiger partial charge is 0.354 e. The Morgan fingerprint density at radius 1 is 0.844 bits per heavy atom. The molecule has 0 heterocycles. The Kier molecular flexibility index (Phi) is 11.7. The van der Waals surface area contributed by atoms with Crippen LogP contribution in [0.15, 0.2) is 102 Å². The zero-order chi connectivity index (χ0) is 32.6. The van der Waals surface area contributed by atoms with Gasteiger partial charge in [-0.05, 0) is 61.2 Å². The number of benzene rings is 4. The van der Waals surface area contributed by atoms with Gasteiger partial charge < -0.3 is 10.2 Å². The summed E-state index contributed by atoms with van der Waals surface area (Å²) in [5.41, 5.74) is 3.57. The highest BCUT2D eigenvalue weighted by Gasteiger charge is 2.35. The number of carbonyl (C=O) groups excluding carboxylic acids is 2. The molecule has 0 aliphatic rings. The van der Waals surface area contributed by atoms with Gasteiger partial charge in [-0.2, -0.15) is 0 Å². The Hall–Kier alpha value is -3.85. The lowest BCUT2D eigenvalue weighted by molar-refractivity contribution is -0.140. The maximum atomic E-state index is 14.5. The molecule has 0 bridgehead atoms. The molecule has 1 atom stereocenters. The topological polar surface area (TPSA) is 86.8 Å². The standard InChI is InChI=1S/C35H37Cl2N3O4S/c1-4-21-38-35(42)32(22-27-12-6-5-7-13-27)39(23-28-14-9-8-11-26(28)3)33(41)24-40(31-16-10-15-30(36)34(31)37)45(43,44)29-19-17-25(2)18-20-29/h5-20,32H,4,21-24H2,1-3H3,(H,38,42). The van der Waals surface area contributed by atoms with E-state index in [1.807, 2.05) is 75.4 Å². The third-order valence-electron chi connectivity index (χ3n) is 7.51. The molecule has 236 valence electrons. The molecule has 7 nitrogen and oxygen atoms in total. The molecule has 0 saturated heterocycles. The van der Waals surface area contributed by atoms with Crippen LogP contribution in [0.1, 0.15) is 35.6 Å². The molecule has 0 fully saturated rings. The smallest absolute Gasteiger partial charge is 0.264 e. The van der Waals surface area contributed by atoms with E-state index in [2.05, 4.69) is 5.32 Å². The maximum Gasteiger partial charge on any atom is 0.264 e. The van der Waals surface area contributed by atoms with Crippen LogP contribution in [0.2, 0.25) is 10.0 Å². The first-order valence-corrected chi connectivity index (χ1v) is 16.9. The number of aryl methyl sites for hydroxylation is 2. The predicted molar refractivity (Wildman–Crippen MR) is 181 cm³/mol. The van der Waals surface area contributed by atoms with Crippen molar-refractivity contribution in [2.45, 2.75) is 51.1 Å². The zero-order valence-electron chi connectivity index (χ0n) is 25.5. The molecule has 0 aliphatic heterocycles. The fourth-order valence-corrected chi connectivity index (χ4v) is 6.80. The number of anilines is 1. The van der Waals surface area contributed by atoms with E-state index >= 15 is 0 Å². The summed E-state index contributed by atoms with van der Waals surface area (Å²) in [5.74, 6) is -0.895. The number of hydrogen-bond acceptors (Lipinski definition) is 4. The third kappa shape index (κ3) is 8.45. The minimum atomic E-state index is -4.30. The zero-order valence-corrected chi connectivity index (χ0v) is 27.9. The Morgan fingerprint density at radius 3 is 2.18 bits per heavy atom. The SMILES string of the molecule is CCCNC(=O)C(Cc1ccccc1)N(Cc1ccccc1C)C(=O)CN(c1cccc(Cl)c1Cl)S(=O)(=O)c1ccc(C)cc1. The highest BCUT2D eigenvalue weighted by atomic mass is 35.5. The first kappa shape index (κ1) is 34.0. The lowest BCUT2D eigenvalue weighted by Gasteiger charge is -2.34. The quantitative estimate of drug-likeness (QED) is 0.167. The van der Waals surface area contributed by atoms with Crippen molar-refractivity contribution in [2.75, 3.05) is 17.4 Å². The Balaban J connectivity index is 1.83. The van der Waals surface area contributed by atoms with Crippen LogP contribution in [-0.2, 0) is 32.6 Å². The molecule has 0 spiro atoms. The number of halogens is 2. The van der Waals surface area contributed by atoms with E-state index < -0.39 is 28.5 Å². The van der Waals surface area contributed by atoms with Gasteiger partial charge in [0.25, 0.3) is 10.0 Å². The van der Waals surface area contributed by atoms with Gasteiger partial charge in [-0.25, -0.2) is 8.42 Å². The summed E-state index contributed by atoms with van der Waals surface area (Å²) < 4.78 is 29.4. The summed E-state index contributed by atoms with van der Waals surface area (Å²) in [6.07, 6.45) is 0.946. The first-order chi connectivity index (χ1) is 21.5. The van der Waals surface area contributed by atoms with E-state index in [1.165, 1.54) is 23.1 Å². The van der Waals surface area contributed by atoms with Crippen LogP contribution < -0.4 is 9.62 Å². The molecule has 2 amide bonds. The van der Waals surface area contributed by atoms with Gasteiger partial charge in [-0.3, -0.25) is 13.9 Å². The van der Waals surface area contributed by atoms with E-state index in [-0.39, 0.29) is 39.5 Å². The number of sulfonamides is 1. The third-order valence-corrected chi connectivity index (χ3v) is 10.1. The lowest BCUT2D eigenvalue weighted by atomic mass is 10.0. The molecular formula is C35H37Cl2N3O4S. The first-order valence-electron chi connectivity index (χ1n) is 14.7. The van der Waals surface area contributed by atoms with Gasteiger partial charge in [-0.15, -0.1) is 0 Å². The summed E-state index contributed by atoms with van der Waals surface area (Å²) in [4.78, 5) is 29.8. The second-order valence-electron chi connectivity index (χ2n) is 10.8. The van der Waals surface area contributed by atoms with E-state index in [9.17, 15) is 18.0 Å². The second-order valence-corrected chi connectivity index (χ2v) is 13.5. The minimum Gasteiger partial charge on any atom is -0.354 e. The maximum absolute atomic E-state index is 14.5. The monoisotopic (exact) mass is 665 g/mol. The molecule has 0 aromatic heterocycles. The molecule has 4 aromatic rings. The van der Waals surface area contributed by atoms with Crippen molar-refractivity contribution in [2.24, 2.45) is 0 Å². The van der Waals surface area contributed by atoms with Gasteiger partial charge in [0.15, 0.2) is 0 Å². The van der Waals surface area contributed by atoms with Crippen LogP contribution in [0.5, 0.6) is 0 Å². The molecule has 4 rings (SSSR count). The Morgan fingerprint density at radius 2 is 1.51 bits per heavy atom. The van der Waals surface area contributed by atoms with Crippen molar-refractivity contribution in [3.05, 3.63) is 129 Å². The second kappa shape index (κ2) is 15.4. The molecule has 0 radical (unpaired) electrons. The molecule has 0 saturated carbocycles. The molecule has 1 unspecified atom stereocenters. The minimum absolute atomic E-state index is 0.00497. The van der Waals surface area contributed by atoms with E-state index in [1.54, 1.807) is 24.3 Å². The van der Waals surface area contributed by atoms with Crippen molar-refractivity contribution in [3.8, 4) is 0 Å². The molecular weight excluding hydrogens is 629 g/mol. The summed E-state index contributed by atoms with van der Waals surface area (Å²) in [5, 5.41) is 3.09. The van der Waals surface area contributed by atoms with Crippen molar-refractivity contribution in [1.29, 1.82) is 0 Å². The van der Waals surface area contributed by atoms with Crippen LogP contribution in [0.4, 0.5) is 5.69 Å². The van der Waals surface area contributed by atoms with Gasteiger partial charge in [0, 0.05) is 19.5 Å². The number of nitrogens with zero attached hydrogens (tertiary/aromatic N) is 2. The molecule has 1 N–H and O–H groups in total. The van der Waals surface area contributed by atoms with Crippen molar-refractivity contribution in [1.82, 2.24) is 10.2 Å². The van der Waals surface area contributed by atoms with Crippen molar-refractivity contribution >= 4 is 50.7 Å². The molecule has 45 heavy (non-hydrogen) atoms. The van der Waals surface area contributed by atoms with Gasteiger partial charge in [0.05, 0.1) is 20.6 Å². The highest BCUT2D eigenvalue weighted by Crippen LogP contribution is 2.35. The van der Waals surface area contributed by atoms with E-state index in [0.29, 0.717) is 13.0 Å². The summed E-state index contributed by atoms with van der Waals surface area (Å²) >= 11 is 12.9. The van der Waals surface area contributed by atoms with Crippen LogP contribution in [0, 0.1) is 13.8 Å². The summed E-state index contributed by atoms with van der Waals surface area (Å²) in [7, 11) is -4.30. The Labute approximate surface area is 275 Å². The van der Waals surface area contributed by atoms with E-state index in [0.717, 1.165) is 26.6 Å². The highest BCUT2D eigenvalue weighted by molar-refractivity contribution is 7.92. The number of carbonyl (C=O) groups is 2. The Bertz CT molecular complexity index is 1730. The lowest BCUT2D eigenvalue weighted by Crippen LogP contribution is -2.53. The van der Waals surface area contributed by atoms with Crippen molar-refractivity contribution in [3.63, 3.8) is 0 Å². The van der Waals surface area contributed by atoms with Crippen molar-refractivity contribution < 1.29 is 18.0 Å². The van der Waals surface area contributed by atoms with Crippen LogP contribution >= 0.6 is 23.2 Å². The fourth-order valence-electron chi connectivity index (χ4n) is 4.93. The number of hydrogen-bond donors (Lipinski definition) is 1. The van der Waals surface area contributed by atoms with Crippen LogP contribution in [0.3, 0.4) is 0 Å². The average molecular weight is 667 g/mol. The molecule has 10 heteroatoms. The molecule has 0 aliphatic carbocycles. The summed E-state index contributed by atoms with van der Waals surface area (Å²) in [6, 6.07) is 27.1. The molecule has 4 aromatic carbocycles. The average Bonchev–Trinajstić information content (AvgIpc) is 3.03. The number of rotatable bonds is 13. The normalized spacial score (nSPS) is 11.9. The summed E-state index contributed by atoms with van der Waals surface area (Å²) in [6.45, 7) is 5.64. The van der Waals surface area contributed by atoms with E-state index in [4.69, 9.17) is 23.2 Å². The number of amides is 2. The van der Waals surface area contributed by atoms with Gasteiger partial charge in [0.1, 0.15) is 12.6 Å². The van der Waals surface area contributed by atoms with Gasteiger partial charge >= 0.3 is 0 Å². The fraction of sp³-hybridized carbons (Fsp3) is 0.257. The van der Waals surface area contributed by atoms with Crippen LogP contribution in [-0.4, -0.2) is 44.3 Å². The predicted octanol–water partition coefficient (Wildman–Crippen LogP) is 6.97. The van der Waals surface area contributed by atoms with Crippen LogP contribution in [0.25, 0.3) is 0 Å². The van der Waals surface area contributed by atoms with Gasteiger partial charge in [0.2, 0.25) is 11.8 Å². The van der Waals surface area contributed by atoms with Gasteiger partial charge in [-0.1, -0.05) is 108 Å². The number of nitrogens with one attached hydrogen (secondary N) is 1.